The molecule has 1 N–H and O–H groups in total. The lowest BCUT2D eigenvalue weighted by Crippen LogP contribution is -2.35. The second-order valence-corrected chi connectivity index (χ2v) is 7.49. The van der Waals surface area contributed by atoms with E-state index in [0.29, 0.717) is 18.8 Å². The van der Waals surface area contributed by atoms with E-state index in [0.717, 1.165) is 19.3 Å². The average Bonchev–Trinajstić information content (AvgIpc) is 2.60. The van der Waals surface area contributed by atoms with Gasteiger partial charge in [-0.15, -0.1) is 0 Å². The molecule has 0 saturated carbocycles. The maximum atomic E-state index is 12.6. The molecule has 7 nitrogen and oxygen atoms in total. The molecule has 1 aliphatic heterocycles. The van der Waals surface area contributed by atoms with Crippen molar-refractivity contribution in [3.05, 3.63) is 24.3 Å². The predicted molar refractivity (Wildman–Crippen MR) is 88.9 cm³/mol. The molecule has 8 heteroatoms. The molecule has 1 fully saturated rings. The fourth-order valence-electron chi connectivity index (χ4n) is 2.43. The highest BCUT2D eigenvalue weighted by Crippen LogP contribution is 2.22. The number of amides is 1. The van der Waals surface area contributed by atoms with Gasteiger partial charge in [-0.25, -0.2) is 8.42 Å². The molecule has 0 spiro atoms. The first kappa shape index (κ1) is 18.4. The monoisotopic (exact) mass is 354 g/mol. The molecule has 24 heavy (non-hydrogen) atoms. The number of esters is 1. The molecule has 1 aromatic carbocycles. The van der Waals surface area contributed by atoms with Crippen LogP contribution < -0.4 is 5.32 Å². The van der Waals surface area contributed by atoms with Gasteiger partial charge in [0.05, 0.1) is 4.90 Å². The Morgan fingerprint density at radius 1 is 1.21 bits per heavy atom. The fraction of sp³-hybridized carbons (Fsp3) is 0.500. The van der Waals surface area contributed by atoms with Crippen LogP contribution in [0.5, 0.6) is 0 Å². The van der Waals surface area contributed by atoms with Crippen LogP contribution in [0.25, 0.3) is 0 Å². The topological polar surface area (TPSA) is 92.8 Å². The van der Waals surface area contributed by atoms with Crippen molar-refractivity contribution in [2.24, 2.45) is 0 Å². The molecule has 0 aromatic heterocycles. The maximum absolute atomic E-state index is 12.6. The van der Waals surface area contributed by atoms with Gasteiger partial charge in [-0.3, -0.25) is 9.59 Å². The number of nitrogens with zero attached hydrogens (tertiary/aromatic N) is 1. The maximum Gasteiger partial charge on any atom is 0.306 e. The smallest absolute Gasteiger partial charge is 0.306 e. The first-order valence-electron chi connectivity index (χ1n) is 7.99. The standard InChI is InChI=1S/C16H22N2O5S/c1-2-16(20)23-12-15(19)17-13-7-6-8-14(11-13)24(21,22)18-9-4-3-5-10-18/h6-8,11H,2-5,9-10,12H2,1H3,(H,17,19). The normalized spacial score (nSPS) is 15.7. The van der Waals surface area contributed by atoms with Crippen LogP contribution in [0.4, 0.5) is 5.69 Å². The van der Waals surface area contributed by atoms with Gasteiger partial charge in [0, 0.05) is 25.2 Å². The second kappa shape index (κ2) is 8.25. The first-order chi connectivity index (χ1) is 11.4. The van der Waals surface area contributed by atoms with E-state index < -0.39 is 28.5 Å². The van der Waals surface area contributed by atoms with Crippen molar-refractivity contribution in [2.75, 3.05) is 25.0 Å². The Kier molecular flexibility index (Phi) is 6.33. The number of sulfonamides is 1. The van der Waals surface area contributed by atoms with Crippen LogP contribution in [0.15, 0.2) is 29.2 Å². The number of ether oxygens (including phenoxy) is 1. The molecule has 132 valence electrons. The highest BCUT2D eigenvalue weighted by Gasteiger charge is 2.26. The molecule has 1 heterocycles. The lowest BCUT2D eigenvalue weighted by molar-refractivity contribution is -0.146. The lowest BCUT2D eigenvalue weighted by Gasteiger charge is -2.26. The number of benzene rings is 1. The van der Waals surface area contributed by atoms with Crippen LogP contribution in [0.3, 0.4) is 0 Å². The Morgan fingerprint density at radius 2 is 1.92 bits per heavy atom. The molecule has 1 aliphatic rings. The Labute approximate surface area is 142 Å². The van der Waals surface area contributed by atoms with Gasteiger partial charge in [0.15, 0.2) is 6.61 Å². The number of hydrogen-bond acceptors (Lipinski definition) is 5. The quantitative estimate of drug-likeness (QED) is 0.786. The zero-order valence-electron chi connectivity index (χ0n) is 13.7. The molecule has 0 bridgehead atoms. The molecule has 1 amide bonds. The zero-order valence-corrected chi connectivity index (χ0v) is 14.5. The van der Waals surface area contributed by atoms with Crippen molar-refractivity contribution < 1.29 is 22.7 Å². The van der Waals surface area contributed by atoms with Crippen molar-refractivity contribution in [3.8, 4) is 0 Å². The van der Waals surface area contributed by atoms with Crippen LogP contribution in [0.1, 0.15) is 32.6 Å². The number of nitrogens with one attached hydrogen (secondary N) is 1. The summed E-state index contributed by atoms with van der Waals surface area (Å²) in [6.07, 6.45) is 2.95. The van der Waals surface area contributed by atoms with E-state index in [2.05, 4.69) is 5.32 Å². The number of carbonyl (C=O) groups is 2. The van der Waals surface area contributed by atoms with Crippen molar-refractivity contribution in [2.45, 2.75) is 37.5 Å². The third-order valence-electron chi connectivity index (χ3n) is 3.72. The van der Waals surface area contributed by atoms with Crippen molar-refractivity contribution in [3.63, 3.8) is 0 Å². The molecule has 1 aromatic rings. The summed E-state index contributed by atoms with van der Waals surface area (Å²) in [5.41, 5.74) is 0.352. The molecule has 0 aliphatic carbocycles. The zero-order chi connectivity index (χ0) is 17.6. The largest absolute Gasteiger partial charge is 0.456 e. The first-order valence-corrected chi connectivity index (χ1v) is 9.43. The highest BCUT2D eigenvalue weighted by atomic mass is 32.2. The van der Waals surface area contributed by atoms with E-state index in [9.17, 15) is 18.0 Å². The highest BCUT2D eigenvalue weighted by molar-refractivity contribution is 7.89. The Hall–Kier alpha value is -1.93. The van der Waals surface area contributed by atoms with Gasteiger partial charge < -0.3 is 10.1 Å². The van der Waals surface area contributed by atoms with E-state index in [1.165, 1.54) is 16.4 Å². The molecule has 0 radical (unpaired) electrons. The van der Waals surface area contributed by atoms with Crippen molar-refractivity contribution >= 4 is 27.6 Å². The van der Waals surface area contributed by atoms with Gasteiger partial charge in [-0.1, -0.05) is 19.4 Å². The molecular weight excluding hydrogens is 332 g/mol. The van der Waals surface area contributed by atoms with Crippen molar-refractivity contribution in [1.82, 2.24) is 4.31 Å². The van der Waals surface area contributed by atoms with Gasteiger partial charge in [-0.2, -0.15) is 4.31 Å². The minimum Gasteiger partial charge on any atom is -0.456 e. The predicted octanol–water partition coefficient (Wildman–Crippen LogP) is 1.75. The molecule has 0 atom stereocenters. The molecular formula is C16H22N2O5S. The van der Waals surface area contributed by atoms with E-state index in [1.54, 1.807) is 19.1 Å². The minimum absolute atomic E-state index is 0.146. The Bertz CT molecular complexity index is 696. The summed E-state index contributed by atoms with van der Waals surface area (Å²) in [6, 6.07) is 6.10. The van der Waals surface area contributed by atoms with Crippen LogP contribution in [-0.2, 0) is 24.3 Å². The van der Waals surface area contributed by atoms with Gasteiger partial charge in [0.1, 0.15) is 0 Å². The average molecular weight is 354 g/mol. The van der Waals surface area contributed by atoms with Crippen LogP contribution in [0.2, 0.25) is 0 Å². The third kappa shape index (κ3) is 4.78. The summed E-state index contributed by atoms with van der Waals surface area (Å²) >= 11 is 0. The summed E-state index contributed by atoms with van der Waals surface area (Å²) in [5, 5.41) is 2.54. The molecule has 0 unspecified atom stereocenters. The summed E-state index contributed by atoms with van der Waals surface area (Å²) in [4.78, 5) is 22.9. The van der Waals surface area contributed by atoms with Gasteiger partial charge in [-0.05, 0) is 31.0 Å². The Balaban J connectivity index is 2.05. The van der Waals surface area contributed by atoms with Gasteiger partial charge in [0.2, 0.25) is 10.0 Å². The molecule has 2 rings (SSSR count). The summed E-state index contributed by atoms with van der Waals surface area (Å²) in [6.45, 7) is 2.28. The number of piperidine rings is 1. The number of anilines is 1. The summed E-state index contributed by atoms with van der Waals surface area (Å²) in [7, 11) is -3.55. The summed E-state index contributed by atoms with van der Waals surface area (Å²) < 4.78 is 31.5. The second-order valence-electron chi connectivity index (χ2n) is 5.55. The number of rotatable bonds is 6. The minimum atomic E-state index is -3.55. The van der Waals surface area contributed by atoms with Gasteiger partial charge >= 0.3 is 5.97 Å². The van der Waals surface area contributed by atoms with E-state index in [4.69, 9.17) is 4.74 Å². The van der Waals surface area contributed by atoms with Crippen LogP contribution >= 0.6 is 0 Å². The number of carbonyl (C=O) groups excluding carboxylic acids is 2. The van der Waals surface area contributed by atoms with E-state index >= 15 is 0 Å². The van der Waals surface area contributed by atoms with Crippen molar-refractivity contribution in [1.29, 1.82) is 0 Å². The SMILES string of the molecule is CCC(=O)OCC(=O)Nc1cccc(S(=O)(=O)N2CCCCC2)c1. The molecule has 1 saturated heterocycles. The third-order valence-corrected chi connectivity index (χ3v) is 5.62. The lowest BCUT2D eigenvalue weighted by atomic mass is 10.2. The van der Waals surface area contributed by atoms with E-state index in [-0.39, 0.29) is 11.3 Å². The number of hydrogen-bond donors (Lipinski definition) is 1. The Morgan fingerprint density at radius 3 is 2.58 bits per heavy atom. The summed E-state index contributed by atoms with van der Waals surface area (Å²) in [5.74, 6) is -0.976. The van der Waals surface area contributed by atoms with E-state index in [1.807, 2.05) is 0 Å². The fourth-order valence-corrected chi connectivity index (χ4v) is 4.00. The van der Waals surface area contributed by atoms with Crippen LogP contribution in [0, 0.1) is 0 Å². The van der Waals surface area contributed by atoms with Crippen LogP contribution in [-0.4, -0.2) is 44.3 Å². The van der Waals surface area contributed by atoms with Gasteiger partial charge in [0.25, 0.3) is 5.91 Å².